The largest absolute Gasteiger partial charge is 0.478 e. The molecular weight excluding hydrogens is 278 g/mol. The van der Waals surface area contributed by atoms with Gasteiger partial charge < -0.3 is 9.84 Å². The summed E-state index contributed by atoms with van der Waals surface area (Å²) in [6.45, 7) is 0. The summed E-state index contributed by atoms with van der Waals surface area (Å²) in [6.07, 6.45) is 0. The molecule has 98 valence electrons. The van der Waals surface area contributed by atoms with Crippen LogP contribution in [0.3, 0.4) is 0 Å². The Labute approximate surface area is 112 Å². The number of hydrogen-bond donors (Lipinski definition) is 1. The number of hydrogen-bond acceptors (Lipinski definition) is 2. The van der Waals surface area contributed by atoms with Gasteiger partial charge >= 0.3 is 5.97 Å². The smallest absolute Gasteiger partial charge is 0.339 e. The first-order chi connectivity index (χ1) is 8.99. The predicted molar refractivity (Wildman–Crippen MR) is 64.8 cm³/mol. The van der Waals surface area contributed by atoms with Crippen molar-refractivity contribution in [3.63, 3.8) is 0 Å². The van der Waals surface area contributed by atoms with E-state index < -0.39 is 17.6 Å². The van der Waals surface area contributed by atoms with Gasteiger partial charge in [0, 0.05) is 12.1 Å². The molecule has 0 fully saturated rings. The number of aromatic carboxylic acids is 1. The van der Waals surface area contributed by atoms with Crippen LogP contribution < -0.4 is 4.74 Å². The molecule has 0 radical (unpaired) electrons. The van der Waals surface area contributed by atoms with E-state index in [2.05, 4.69) is 0 Å². The molecule has 0 atom stereocenters. The van der Waals surface area contributed by atoms with Crippen LogP contribution in [-0.4, -0.2) is 11.1 Å². The molecular formula is C13H7ClF2O3. The van der Waals surface area contributed by atoms with E-state index in [4.69, 9.17) is 21.4 Å². The molecule has 0 spiro atoms. The summed E-state index contributed by atoms with van der Waals surface area (Å²) in [5, 5.41) is 8.64. The Morgan fingerprint density at radius 2 is 1.79 bits per heavy atom. The van der Waals surface area contributed by atoms with Crippen LogP contribution >= 0.6 is 11.6 Å². The summed E-state index contributed by atoms with van der Waals surface area (Å²) < 4.78 is 31.6. The molecule has 3 nitrogen and oxygen atoms in total. The van der Waals surface area contributed by atoms with Gasteiger partial charge in [-0.1, -0.05) is 23.7 Å². The first-order valence-corrected chi connectivity index (χ1v) is 5.51. The second-order valence-corrected chi connectivity index (χ2v) is 4.01. The van der Waals surface area contributed by atoms with Crippen molar-refractivity contribution in [1.29, 1.82) is 0 Å². The van der Waals surface area contributed by atoms with Crippen molar-refractivity contribution in [2.75, 3.05) is 0 Å². The van der Waals surface area contributed by atoms with E-state index in [1.165, 1.54) is 24.3 Å². The van der Waals surface area contributed by atoms with Gasteiger partial charge in [0.05, 0.1) is 5.02 Å². The summed E-state index contributed by atoms with van der Waals surface area (Å²) >= 11 is 5.52. The van der Waals surface area contributed by atoms with Gasteiger partial charge in [0.25, 0.3) is 0 Å². The molecule has 0 aliphatic carbocycles. The lowest BCUT2D eigenvalue weighted by atomic mass is 10.2. The van der Waals surface area contributed by atoms with Gasteiger partial charge in [0.1, 0.15) is 17.1 Å². The summed E-state index contributed by atoms with van der Waals surface area (Å²) in [5.41, 5.74) is -0.137. The van der Waals surface area contributed by atoms with Crippen LogP contribution in [0.2, 0.25) is 5.02 Å². The summed E-state index contributed by atoms with van der Waals surface area (Å²) in [7, 11) is 0. The number of carbonyl (C=O) groups is 1. The zero-order valence-electron chi connectivity index (χ0n) is 9.36. The van der Waals surface area contributed by atoms with Crippen molar-refractivity contribution >= 4 is 17.6 Å². The minimum Gasteiger partial charge on any atom is -0.478 e. The molecule has 2 aromatic rings. The number of para-hydroxylation sites is 1. The highest BCUT2D eigenvalue weighted by molar-refractivity contribution is 6.30. The molecule has 0 aliphatic heterocycles. The highest BCUT2D eigenvalue weighted by Gasteiger charge is 2.15. The highest BCUT2D eigenvalue weighted by atomic mass is 35.5. The fourth-order valence-electron chi connectivity index (χ4n) is 1.43. The molecule has 1 N–H and O–H groups in total. The van der Waals surface area contributed by atoms with Gasteiger partial charge in [-0.25, -0.2) is 13.6 Å². The third-order valence-corrected chi connectivity index (χ3v) is 2.60. The molecule has 2 aromatic carbocycles. The number of rotatable bonds is 3. The number of carboxylic acids is 1. The molecule has 19 heavy (non-hydrogen) atoms. The molecule has 0 unspecified atom stereocenters. The normalized spacial score (nSPS) is 10.3. The van der Waals surface area contributed by atoms with Gasteiger partial charge in [-0.3, -0.25) is 0 Å². The molecule has 0 saturated carbocycles. The van der Waals surface area contributed by atoms with Crippen LogP contribution in [-0.2, 0) is 0 Å². The Balaban J connectivity index is 2.42. The quantitative estimate of drug-likeness (QED) is 0.863. The maximum atomic E-state index is 13.5. The molecule has 0 bridgehead atoms. The first-order valence-electron chi connectivity index (χ1n) is 5.13. The van der Waals surface area contributed by atoms with Crippen LogP contribution in [0.4, 0.5) is 8.78 Å². The monoisotopic (exact) mass is 284 g/mol. The second kappa shape index (κ2) is 5.24. The Hall–Kier alpha value is -2.14. The predicted octanol–water partition coefficient (Wildman–Crippen LogP) is 4.11. The lowest BCUT2D eigenvalue weighted by Crippen LogP contribution is -2.00. The zero-order valence-corrected chi connectivity index (χ0v) is 10.1. The van der Waals surface area contributed by atoms with Crippen molar-refractivity contribution in [2.24, 2.45) is 0 Å². The first kappa shape index (κ1) is 13.3. The van der Waals surface area contributed by atoms with Gasteiger partial charge in [-0.15, -0.1) is 0 Å². The van der Waals surface area contributed by atoms with Gasteiger partial charge in [-0.2, -0.15) is 0 Å². The maximum Gasteiger partial charge on any atom is 0.339 e. The van der Waals surface area contributed by atoms with E-state index in [-0.39, 0.29) is 22.1 Å². The number of benzene rings is 2. The van der Waals surface area contributed by atoms with E-state index in [9.17, 15) is 13.6 Å². The average molecular weight is 285 g/mol. The van der Waals surface area contributed by atoms with E-state index >= 15 is 0 Å². The Morgan fingerprint density at radius 1 is 1.11 bits per heavy atom. The summed E-state index contributed by atoms with van der Waals surface area (Å²) in [5.74, 6) is -3.51. The third kappa shape index (κ3) is 2.82. The molecule has 2 rings (SSSR count). The van der Waals surface area contributed by atoms with Crippen LogP contribution in [0.15, 0.2) is 36.4 Å². The van der Waals surface area contributed by atoms with Crippen molar-refractivity contribution in [2.45, 2.75) is 0 Å². The van der Waals surface area contributed by atoms with E-state index in [1.807, 2.05) is 0 Å². The summed E-state index contributed by atoms with van der Waals surface area (Å²) in [4.78, 5) is 11.0. The molecule has 0 aromatic heterocycles. The minimum absolute atomic E-state index is 0.0587. The van der Waals surface area contributed by atoms with E-state index in [1.54, 1.807) is 0 Å². The van der Waals surface area contributed by atoms with Crippen LogP contribution in [0.1, 0.15) is 10.4 Å². The van der Waals surface area contributed by atoms with Crippen LogP contribution in [0, 0.1) is 11.6 Å². The number of carboxylic acid groups (broad SMARTS) is 1. The zero-order chi connectivity index (χ0) is 14.0. The second-order valence-electron chi connectivity index (χ2n) is 3.60. The molecule has 0 saturated heterocycles. The summed E-state index contributed by atoms with van der Waals surface area (Å²) in [6, 6.07) is 7.22. The van der Waals surface area contributed by atoms with Crippen molar-refractivity contribution in [1.82, 2.24) is 0 Å². The Bertz CT molecular complexity index is 644. The highest BCUT2D eigenvalue weighted by Crippen LogP contribution is 2.31. The molecule has 0 heterocycles. The fraction of sp³-hybridized carbons (Fsp3) is 0. The van der Waals surface area contributed by atoms with E-state index in [0.717, 1.165) is 6.07 Å². The lowest BCUT2D eigenvalue weighted by molar-refractivity contribution is 0.0694. The number of ether oxygens (including phenoxy) is 1. The van der Waals surface area contributed by atoms with Crippen LogP contribution in [0.25, 0.3) is 0 Å². The van der Waals surface area contributed by atoms with Gasteiger partial charge in [-0.05, 0) is 12.1 Å². The maximum absolute atomic E-state index is 13.5. The fourth-order valence-corrected chi connectivity index (χ4v) is 1.59. The van der Waals surface area contributed by atoms with Crippen LogP contribution in [0.5, 0.6) is 11.5 Å². The van der Waals surface area contributed by atoms with Crippen molar-refractivity contribution in [3.05, 3.63) is 58.6 Å². The van der Waals surface area contributed by atoms with Gasteiger partial charge in [0.2, 0.25) is 0 Å². The lowest BCUT2D eigenvalue weighted by Gasteiger charge is -2.09. The number of halogens is 3. The van der Waals surface area contributed by atoms with Crippen molar-refractivity contribution in [3.8, 4) is 11.5 Å². The van der Waals surface area contributed by atoms with E-state index in [0.29, 0.717) is 6.07 Å². The third-order valence-electron chi connectivity index (χ3n) is 2.31. The average Bonchev–Trinajstić information content (AvgIpc) is 2.36. The molecule has 0 amide bonds. The standard InChI is InChI=1S/C13H7ClF2O3/c14-8-5-12(10(16)6-9(8)15)19-11-4-2-1-3-7(11)13(17)18/h1-6H,(H,17,18). The van der Waals surface area contributed by atoms with Crippen molar-refractivity contribution < 1.29 is 23.4 Å². The SMILES string of the molecule is O=C(O)c1ccccc1Oc1cc(Cl)c(F)cc1F. The molecule has 6 heteroatoms. The Morgan fingerprint density at radius 3 is 2.47 bits per heavy atom. The Kier molecular flexibility index (Phi) is 3.66. The van der Waals surface area contributed by atoms with Gasteiger partial charge in [0.15, 0.2) is 11.6 Å². The molecule has 0 aliphatic rings. The minimum atomic E-state index is -1.22. The topological polar surface area (TPSA) is 46.5 Å².